The SMILES string of the molecule is CN(Cc1csc(-c2ccccc2)n1)C(=O)c1cccc(C2CCNC2)c1. The van der Waals surface area contributed by atoms with Gasteiger partial charge in [-0.2, -0.15) is 0 Å². The molecule has 1 saturated heterocycles. The molecule has 1 atom stereocenters. The summed E-state index contributed by atoms with van der Waals surface area (Å²) in [5.41, 5.74) is 4.03. The van der Waals surface area contributed by atoms with Crippen LogP contribution >= 0.6 is 11.3 Å². The Morgan fingerprint density at radius 3 is 2.85 bits per heavy atom. The lowest BCUT2D eigenvalue weighted by atomic mass is 9.96. The maximum absolute atomic E-state index is 12.9. The standard InChI is InChI=1S/C22H23N3OS/c1-25(14-20-15-27-21(24-20)16-6-3-2-4-7-16)22(26)18-9-5-8-17(12-18)19-10-11-23-13-19/h2-9,12,15,19,23H,10-11,13-14H2,1H3. The highest BCUT2D eigenvalue weighted by Gasteiger charge is 2.19. The number of nitrogens with zero attached hydrogens (tertiary/aromatic N) is 2. The molecule has 4 rings (SSSR count). The summed E-state index contributed by atoms with van der Waals surface area (Å²) in [4.78, 5) is 19.3. The van der Waals surface area contributed by atoms with Crippen LogP contribution in [0, 0.1) is 0 Å². The van der Waals surface area contributed by atoms with Gasteiger partial charge in [0.1, 0.15) is 5.01 Å². The maximum atomic E-state index is 12.9. The third-order valence-corrected chi connectivity index (χ3v) is 5.92. The van der Waals surface area contributed by atoms with E-state index in [-0.39, 0.29) is 5.91 Å². The molecule has 27 heavy (non-hydrogen) atoms. The van der Waals surface area contributed by atoms with Crippen molar-refractivity contribution in [3.8, 4) is 10.6 Å². The van der Waals surface area contributed by atoms with E-state index in [9.17, 15) is 4.79 Å². The predicted molar refractivity (Wildman–Crippen MR) is 110 cm³/mol. The summed E-state index contributed by atoms with van der Waals surface area (Å²) in [7, 11) is 1.84. The summed E-state index contributed by atoms with van der Waals surface area (Å²) >= 11 is 1.62. The highest BCUT2D eigenvalue weighted by Crippen LogP contribution is 2.25. The highest BCUT2D eigenvalue weighted by molar-refractivity contribution is 7.13. The van der Waals surface area contributed by atoms with E-state index in [4.69, 9.17) is 4.98 Å². The summed E-state index contributed by atoms with van der Waals surface area (Å²) in [5, 5.41) is 6.41. The summed E-state index contributed by atoms with van der Waals surface area (Å²) in [6.45, 7) is 2.56. The molecule has 138 valence electrons. The Hall–Kier alpha value is -2.50. The van der Waals surface area contributed by atoms with Crippen molar-refractivity contribution in [2.45, 2.75) is 18.9 Å². The van der Waals surface area contributed by atoms with Gasteiger partial charge in [0, 0.05) is 30.1 Å². The molecule has 1 aliphatic heterocycles. The van der Waals surface area contributed by atoms with Gasteiger partial charge >= 0.3 is 0 Å². The Kier molecular flexibility index (Phi) is 5.32. The molecule has 4 nitrogen and oxygen atoms in total. The van der Waals surface area contributed by atoms with E-state index >= 15 is 0 Å². The van der Waals surface area contributed by atoms with Crippen LogP contribution in [0.2, 0.25) is 0 Å². The van der Waals surface area contributed by atoms with Crippen LogP contribution in [0.1, 0.15) is 34.0 Å². The van der Waals surface area contributed by atoms with E-state index < -0.39 is 0 Å². The third-order valence-electron chi connectivity index (χ3n) is 4.98. The molecule has 1 aliphatic rings. The summed E-state index contributed by atoms with van der Waals surface area (Å²) in [6.07, 6.45) is 1.13. The van der Waals surface area contributed by atoms with E-state index in [2.05, 4.69) is 23.5 Å². The number of carbonyl (C=O) groups excluding carboxylic acids is 1. The van der Waals surface area contributed by atoms with Gasteiger partial charge in [0.25, 0.3) is 5.91 Å². The van der Waals surface area contributed by atoms with Gasteiger partial charge in [-0.25, -0.2) is 4.98 Å². The fourth-order valence-electron chi connectivity index (χ4n) is 3.49. The van der Waals surface area contributed by atoms with Crippen LogP contribution in [0.15, 0.2) is 60.0 Å². The average Bonchev–Trinajstić information content (AvgIpc) is 3.40. The van der Waals surface area contributed by atoms with Gasteiger partial charge in [0.05, 0.1) is 12.2 Å². The Morgan fingerprint density at radius 2 is 2.07 bits per heavy atom. The monoisotopic (exact) mass is 377 g/mol. The molecule has 1 aromatic heterocycles. The summed E-state index contributed by atoms with van der Waals surface area (Å²) in [5.74, 6) is 0.548. The Balaban J connectivity index is 1.45. The number of benzene rings is 2. The highest BCUT2D eigenvalue weighted by atomic mass is 32.1. The lowest BCUT2D eigenvalue weighted by molar-refractivity contribution is 0.0783. The van der Waals surface area contributed by atoms with Crippen LogP contribution in [-0.2, 0) is 6.54 Å². The number of aromatic nitrogens is 1. The second kappa shape index (κ2) is 8.03. The molecule has 1 unspecified atom stereocenters. The number of hydrogen-bond acceptors (Lipinski definition) is 4. The van der Waals surface area contributed by atoms with Crippen LogP contribution in [0.4, 0.5) is 0 Å². The largest absolute Gasteiger partial charge is 0.336 e. The van der Waals surface area contributed by atoms with Crippen molar-refractivity contribution < 1.29 is 4.79 Å². The number of hydrogen-bond donors (Lipinski definition) is 1. The molecule has 0 saturated carbocycles. The normalized spacial score (nSPS) is 16.4. The number of rotatable bonds is 5. The fourth-order valence-corrected chi connectivity index (χ4v) is 4.31. The first-order valence-electron chi connectivity index (χ1n) is 9.26. The lowest BCUT2D eigenvalue weighted by Crippen LogP contribution is -2.26. The lowest BCUT2D eigenvalue weighted by Gasteiger charge is -2.17. The number of nitrogens with one attached hydrogen (secondary N) is 1. The fraction of sp³-hybridized carbons (Fsp3) is 0.273. The molecule has 1 fully saturated rings. The first-order chi connectivity index (χ1) is 13.2. The second-order valence-electron chi connectivity index (χ2n) is 6.99. The first kappa shape index (κ1) is 17.9. The van der Waals surface area contributed by atoms with E-state index in [1.165, 1.54) is 5.56 Å². The van der Waals surface area contributed by atoms with Crippen molar-refractivity contribution in [2.24, 2.45) is 0 Å². The zero-order chi connectivity index (χ0) is 18.6. The van der Waals surface area contributed by atoms with Crippen molar-refractivity contribution in [3.05, 3.63) is 76.8 Å². The molecule has 0 aliphatic carbocycles. The first-order valence-corrected chi connectivity index (χ1v) is 10.1. The molecule has 0 radical (unpaired) electrons. The van der Waals surface area contributed by atoms with Gasteiger partial charge in [0.15, 0.2) is 0 Å². The third kappa shape index (κ3) is 4.10. The molecule has 3 aromatic rings. The topological polar surface area (TPSA) is 45.2 Å². The van der Waals surface area contributed by atoms with E-state index in [0.29, 0.717) is 12.5 Å². The van der Waals surface area contributed by atoms with E-state index in [1.807, 2.05) is 48.8 Å². The van der Waals surface area contributed by atoms with Crippen LogP contribution < -0.4 is 5.32 Å². The zero-order valence-corrected chi connectivity index (χ0v) is 16.2. The van der Waals surface area contributed by atoms with Crippen molar-refractivity contribution in [1.29, 1.82) is 0 Å². The molecule has 2 aromatic carbocycles. The van der Waals surface area contributed by atoms with Crippen molar-refractivity contribution >= 4 is 17.2 Å². The Morgan fingerprint density at radius 1 is 1.22 bits per heavy atom. The van der Waals surface area contributed by atoms with Crippen molar-refractivity contribution in [1.82, 2.24) is 15.2 Å². The second-order valence-corrected chi connectivity index (χ2v) is 7.84. The van der Waals surface area contributed by atoms with Crippen LogP contribution in [0.3, 0.4) is 0 Å². The molecule has 0 bridgehead atoms. The molecule has 1 N–H and O–H groups in total. The molecule has 0 spiro atoms. The zero-order valence-electron chi connectivity index (χ0n) is 15.4. The minimum atomic E-state index is 0.0390. The number of carbonyl (C=O) groups is 1. The van der Waals surface area contributed by atoms with Gasteiger partial charge < -0.3 is 10.2 Å². The predicted octanol–water partition coefficient (Wildman–Crippen LogP) is 4.16. The van der Waals surface area contributed by atoms with Gasteiger partial charge in [0.2, 0.25) is 0 Å². The quantitative estimate of drug-likeness (QED) is 0.726. The minimum Gasteiger partial charge on any atom is -0.336 e. The number of thiazole rings is 1. The molecule has 2 heterocycles. The van der Waals surface area contributed by atoms with Gasteiger partial charge in [-0.3, -0.25) is 4.79 Å². The van der Waals surface area contributed by atoms with E-state index in [0.717, 1.165) is 41.3 Å². The van der Waals surface area contributed by atoms with E-state index in [1.54, 1.807) is 16.2 Å². The molecule has 5 heteroatoms. The maximum Gasteiger partial charge on any atom is 0.253 e. The molecule has 1 amide bonds. The van der Waals surface area contributed by atoms with Crippen molar-refractivity contribution in [2.75, 3.05) is 20.1 Å². The molecular formula is C22H23N3OS. The molecular weight excluding hydrogens is 354 g/mol. The van der Waals surface area contributed by atoms with Gasteiger partial charge in [-0.15, -0.1) is 11.3 Å². The summed E-state index contributed by atoms with van der Waals surface area (Å²) in [6, 6.07) is 18.2. The van der Waals surface area contributed by atoms with Crippen LogP contribution in [0.5, 0.6) is 0 Å². The summed E-state index contributed by atoms with van der Waals surface area (Å²) < 4.78 is 0. The van der Waals surface area contributed by atoms with Gasteiger partial charge in [-0.1, -0.05) is 42.5 Å². The van der Waals surface area contributed by atoms with Gasteiger partial charge in [-0.05, 0) is 36.6 Å². The van der Waals surface area contributed by atoms with Crippen LogP contribution in [-0.4, -0.2) is 35.9 Å². The minimum absolute atomic E-state index is 0.0390. The average molecular weight is 378 g/mol. The van der Waals surface area contributed by atoms with Crippen LogP contribution in [0.25, 0.3) is 10.6 Å². The van der Waals surface area contributed by atoms with Crippen molar-refractivity contribution in [3.63, 3.8) is 0 Å². The Bertz CT molecular complexity index is 916. The number of amides is 1. The Labute approximate surface area is 163 Å². The smallest absolute Gasteiger partial charge is 0.253 e.